The van der Waals surface area contributed by atoms with Crippen molar-refractivity contribution in [2.24, 2.45) is 4.99 Å². The molecule has 8 nitrogen and oxygen atoms in total. The average Bonchev–Trinajstić information content (AvgIpc) is 2.91. The molecule has 3 aliphatic heterocycles. The highest BCUT2D eigenvalue weighted by atomic mass is 16.3. The molecule has 0 aromatic heterocycles. The quantitative estimate of drug-likeness (QED) is 0.684. The maximum atomic E-state index is 12.8. The maximum Gasteiger partial charge on any atom is 0.328 e. The summed E-state index contributed by atoms with van der Waals surface area (Å²) in [6, 6.07) is -0.644. The van der Waals surface area contributed by atoms with E-state index in [9.17, 15) is 14.7 Å². The van der Waals surface area contributed by atoms with E-state index in [-0.39, 0.29) is 30.2 Å². The summed E-state index contributed by atoms with van der Waals surface area (Å²) in [5.74, 6) is 0.588. The lowest BCUT2D eigenvalue weighted by atomic mass is 10.1. The summed E-state index contributed by atoms with van der Waals surface area (Å²) in [4.78, 5) is 34.7. The molecule has 0 radical (unpaired) electrons. The van der Waals surface area contributed by atoms with Gasteiger partial charge in [-0.05, 0) is 32.6 Å². The number of unbranched alkanes of at least 4 members (excludes halogenated alkanes) is 1. The molecular weight excluding hydrogens is 298 g/mol. The fourth-order valence-corrected chi connectivity index (χ4v) is 3.46. The lowest BCUT2D eigenvalue weighted by Gasteiger charge is -2.41. The second-order valence-corrected chi connectivity index (χ2v) is 6.51. The number of hydrogen-bond acceptors (Lipinski definition) is 6. The number of amides is 3. The normalized spacial score (nSPS) is 28.3. The Morgan fingerprint density at radius 2 is 2.17 bits per heavy atom. The molecule has 2 N–H and O–H groups in total. The van der Waals surface area contributed by atoms with Crippen molar-refractivity contribution < 1.29 is 14.7 Å². The fraction of sp³-hybridized carbons (Fsp3) is 0.800. The minimum Gasteiger partial charge on any atom is -0.393 e. The van der Waals surface area contributed by atoms with E-state index in [1.54, 1.807) is 18.9 Å². The van der Waals surface area contributed by atoms with Crippen LogP contribution in [-0.2, 0) is 4.79 Å². The number of aliphatic imine (C=N–C) groups is 1. The molecule has 0 aliphatic carbocycles. The fourth-order valence-electron chi connectivity index (χ4n) is 3.46. The number of hydrogen-bond donors (Lipinski definition) is 2. The highest BCUT2D eigenvalue weighted by Crippen LogP contribution is 2.26. The molecule has 0 aromatic carbocycles. The van der Waals surface area contributed by atoms with Crippen LogP contribution in [0.2, 0.25) is 0 Å². The SMILES string of the molecule is C[C@@H](O)CCCCN1C(=O)C2C(NC3=NCCCN32)N(C)C1=O. The number of aliphatic hydroxyl groups is 1. The van der Waals surface area contributed by atoms with Gasteiger partial charge in [-0.25, -0.2) is 4.79 Å². The van der Waals surface area contributed by atoms with Gasteiger partial charge < -0.3 is 20.2 Å². The third-order valence-electron chi connectivity index (χ3n) is 4.73. The summed E-state index contributed by atoms with van der Waals surface area (Å²) in [5.41, 5.74) is 0. The van der Waals surface area contributed by atoms with Crippen LogP contribution in [0.3, 0.4) is 0 Å². The minimum atomic E-state index is -0.381. The second-order valence-electron chi connectivity index (χ2n) is 6.51. The third-order valence-corrected chi connectivity index (χ3v) is 4.73. The molecule has 3 atom stereocenters. The molecule has 23 heavy (non-hydrogen) atoms. The third kappa shape index (κ3) is 2.87. The Morgan fingerprint density at radius 3 is 2.91 bits per heavy atom. The molecule has 3 heterocycles. The highest BCUT2D eigenvalue weighted by Gasteiger charge is 2.53. The van der Waals surface area contributed by atoms with Gasteiger partial charge in [-0.15, -0.1) is 0 Å². The van der Waals surface area contributed by atoms with Crippen molar-refractivity contribution in [2.75, 3.05) is 26.7 Å². The van der Waals surface area contributed by atoms with Crippen LogP contribution in [0, 0.1) is 0 Å². The molecule has 0 saturated carbocycles. The number of rotatable bonds is 5. The largest absolute Gasteiger partial charge is 0.393 e. The van der Waals surface area contributed by atoms with E-state index in [1.807, 2.05) is 4.90 Å². The van der Waals surface area contributed by atoms with E-state index in [1.165, 1.54) is 4.90 Å². The van der Waals surface area contributed by atoms with Crippen molar-refractivity contribution in [1.29, 1.82) is 0 Å². The van der Waals surface area contributed by atoms with Crippen molar-refractivity contribution in [3.8, 4) is 0 Å². The molecule has 128 valence electrons. The van der Waals surface area contributed by atoms with Crippen LogP contribution in [0.25, 0.3) is 0 Å². The summed E-state index contributed by atoms with van der Waals surface area (Å²) in [6.07, 6.45) is 2.43. The van der Waals surface area contributed by atoms with Crippen LogP contribution in [-0.4, -0.2) is 82.7 Å². The van der Waals surface area contributed by atoms with Gasteiger partial charge in [0, 0.05) is 26.7 Å². The lowest BCUT2D eigenvalue weighted by molar-refractivity contribution is -0.137. The number of likely N-dealkylation sites (N-methyl/N-ethyl adjacent to an activating group) is 1. The molecule has 3 amide bonds. The first kappa shape index (κ1) is 16.0. The van der Waals surface area contributed by atoms with E-state index in [0.717, 1.165) is 31.9 Å². The van der Waals surface area contributed by atoms with E-state index in [2.05, 4.69) is 10.3 Å². The second kappa shape index (κ2) is 6.35. The molecular formula is C15H25N5O3. The first-order chi connectivity index (χ1) is 11.0. The van der Waals surface area contributed by atoms with Crippen LogP contribution >= 0.6 is 0 Å². The van der Waals surface area contributed by atoms with Crippen LogP contribution < -0.4 is 5.32 Å². The van der Waals surface area contributed by atoms with Crippen LogP contribution in [0.15, 0.2) is 4.99 Å². The summed E-state index contributed by atoms with van der Waals surface area (Å²) in [7, 11) is 1.72. The molecule has 2 fully saturated rings. The Hall–Kier alpha value is -1.83. The number of nitrogens with zero attached hydrogens (tertiary/aromatic N) is 4. The number of carbonyl (C=O) groups is 2. The van der Waals surface area contributed by atoms with Gasteiger partial charge in [0.1, 0.15) is 6.17 Å². The van der Waals surface area contributed by atoms with Crippen LogP contribution in [0.1, 0.15) is 32.6 Å². The van der Waals surface area contributed by atoms with Crippen molar-refractivity contribution >= 4 is 17.9 Å². The lowest BCUT2D eigenvalue weighted by Crippen LogP contribution is -2.66. The zero-order valence-corrected chi connectivity index (χ0v) is 13.7. The Bertz CT molecular complexity index is 521. The van der Waals surface area contributed by atoms with E-state index in [4.69, 9.17) is 0 Å². The van der Waals surface area contributed by atoms with Gasteiger partial charge >= 0.3 is 6.03 Å². The van der Waals surface area contributed by atoms with Gasteiger partial charge in [0.2, 0.25) is 0 Å². The Kier molecular flexibility index (Phi) is 4.43. The number of aliphatic hydroxyl groups excluding tert-OH is 1. The van der Waals surface area contributed by atoms with E-state index < -0.39 is 0 Å². The zero-order valence-electron chi connectivity index (χ0n) is 13.7. The van der Waals surface area contributed by atoms with Gasteiger partial charge in [-0.3, -0.25) is 14.7 Å². The van der Waals surface area contributed by atoms with E-state index >= 15 is 0 Å². The molecule has 8 heteroatoms. The van der Waals surface area contributed by atoms with Crippen LogP contribution in [0.4, 0.5) is 4.79 Å². The number of carbonyl (C=O) groups excluding carboxylic acids is 2. The average molecular weight is 323 g/mol. The van der Waals surface area contributed by atoms with Crippen molar-refractivity contribution in [1.82, 2.24) is 20.0 Å². The van der Waals surface area contributed by atoms with Crippen LogP contribution in [0.5, 0.6) is 0 Å². The molecule has 3 aliphatic rings. The predicted octanol–water partition coefficient (Wildman–Crippen LogP) is -0.209. The zero-order chi connectivity index (χ0) is 16.6. The minimum absolute atomic E-state index is 0.144. The van der Waals surface area contributed by atoms with Gasteiger partial charge in [-0.2, -0.15) is 0 Å². The highest BCUT2D eigenvalue weighted by molar-refractivity contribution is 6.04. The van der Waals surface area contributed by atoms with Crippen molar-refractivity contribution in [2.45, 2.75) is 50.9 Å². The number of nitrogens with one attached hydrogen (secondary N) is 1. The molecule has 3 rings (SSSR count). The molecule has 0 aromatic rings. The number of imide groups is 1. The number of guanidine groups is 1. The van der Waals surface area contributed by atoms with Gasteiger partial charge in [0.25, 0.3) is 5.91 Å². The van der Waals surface area contributed by atoms with Crippen molar-refractivity contribution in [3.63, 3.8) is 0 Å². The van der Waals surface area contributed by atoms with Gasteiger partial charge in [0.15, 0.2) is 12.0 Å². The molecule has 0 bridgehead atoms. The maximum absolute atomic E-state index is 12.8. The Balaban J connectivity index is 1.70. The predicted molar refractivity (Wildman–Crippen MR) is 84.7 cm³/mol. The summed E-state index contributed by atoms with van der Waals surface area (Å²) in [5, 5.41) is 12.5. The Morgan fingerprint density at radius 1 is 1.39 bits per heavy atom. The molecule has 2 unspecified atom stereocenters. The summed E-state index contributed by atoms with van der Waals surface area (Å²) >= 11 is 0. The first-order valence-electron chi connectivity index (χ1n) is 8.34. The monoisotopic (exact) mass is 323 g/mol. The Labute approximate surface area is 136 Å². The van der Waals surface area contributed by atoms with Crippen molar-refractivity contribution in [3.05, 3.63) is 0 Å². The smallest absolute Gasteiger partial charge is 0.328 e. The molecule has 0 spiro atoms. The van der Waals surface area contributed by atoms with E-state index in [0.29, 0.717) is 19.4 Å². The van der Waals surface area contributed by atoms with Gasteiger partial charge in [-0.1, -0.05) is 0 Å². The topological polar surface area (TPSA) is 88.5 Å². The van der Waals surface area contributed by atoms with Gasteiger partial charge in [0.05, 0.1) is 6.10 Å². The standard InChI is InChI=1S/C15H25N5O3/c1-10(21)6-3-4-8-20-13(22)11-12(18(2)15(20)23)17-14-16-7-5-9-19(11)14/h10-12,21H,3-9H2,1-2H3,(H,16,17)/t10-,11?,12?/m1/s1. The number of urea groups is 1. The molecule has 2 saturated heterocycles. The first-order valence-corrected chi connectivity index (χ1v) is 8.34. The summed E-state index contributed by atoms with van der Waals surface area (Å²) < 4.78 is 0. The number of fused-ring (bicyclic) bond motifs is 3. The summed E-state index contributed by atoms with van der Waals surface area (Å²) in [6.45, 7) is 3.69.